The van der Waals surface area contributed by atoms with Crippen molar-refractivity contribution in [1.29, 1.82) is 5.26 Å². The molecule has 92 valence electrons. The lowest BCUT2D eigenvalue weighted by atomic mass is 10.00. The number of rotatable bonds is 6. The number of hydrogen-bond acceptors (Lipinski definition) is 2. The Labute approximate surface area is 105 Å². The molecule has 2 heteroatoms. The van der Waals surface area contributed by atoms with Gasteiger partial charge < -0.3 is 4.90 Å². The van der Waals surface area contributed by atoms with Gasteiger partial charge in [-0.1, -0.05) is 44.2 Å². The third-order valence-corrected chi connectivity index (χ3v) is 2.94. The molecule has 17 heavy (non-hydrogen) atoms. The van der Waals surface area contributed by atoms with Crippen molar-refractivity contribution in [3.05, 3.63) is 35.9 Å². The van der Waals surface area contributed by atoms with E-state index >= 15 is 0 Å². The van der Waals surface area contributed by atoms with E-state index < -0.39 is 0 Å². The van der Waals surface area contributed by atoms with E-state index in [-0.39, 0.29) is 5.92 Å². The Morgan fingerprint density at radius 1 is 1.24 bits per heavy atom. The summed E-state index contributed by atoms with van der Waals surface area (Å²) < 4.78 is 0. The van der Waals surface area contributed by atoms with E-state index in [0.717, 1.165) is 24.6 Å². The molecule has 1 aromatic rings. The van der Waals surface area contributed by atoms with Gasteiger partial charge >= 0.3 is 0 Å². The second-order valence-corrected chi connectivity index (χ2v) is 5.04. The van der Waals surface area contributed by atoms with E-state index in [2.05, 4.69) is 31.9 Å². The van der Waals surface area contributed by atoms with E-state index in [4.69, 9.17) is 0 Å². The SMILES string of the molecule is CC(C)CCN(C)CC(C#N)c1ccccc1. The largest absolute Gasteiger partial charge is 0.305 e. The lowest BCUT2D eigenvalue weighted by molar-refractivity contribution is 0.305. The summed E-state index contributed by atoms with van der Waals surface area (Å²) in [4.78, 5) is 2.25. The summed E-state index contributed by atoms with van der Waals surface area (Å²) >= 11 is 0. The van der Waals surface area contributed by atoms with Crippen molar-refractivity contribution in [2.75, 3.05) is 20.1 Å². The number of nitrogens with zero attached hydrogens (tertiary/aromatic N) is 2. The van der Waals surface area contributed by atoms with Crippen LogP contribution in [0.1, 0.15) is 31.7 Å². The van der Waals surface area contributed by atoms with Gasteiger partial charge in [0.1, 0.15) is 0 Å². The zero-order chi connectivity index (χ0) is 12.7. The van der Waals surface area contributed by atoms with Crippen LogP contribution in [0.25, 0.3) is 0 Å². The molecule has 0 aliphatic carbocycles. The summed E-state index contributed by atoms with van der Waals surface area (Å²) in [6, 6.07) is 12.4. The molecule has 0 spiro atoms. The first-order valence-corrected chi connectivity index (χ1v) is 6.26. The molecule has 0 bridgehead atoms. The fraction of sp³-hybridized carbons (Fsp3) is 0.533. The Balaban J connectivity index is 2.51. The molecule has 1 rings (SSSR count). The maximum absolute atomic E-state index is 9.23. The van der Waals surface area contributed by atoms with Crippen LogP contribution < -0.4 is 0 Å². The standard InChI is InChI=1S/C15H22N2/c1-13(2)9-10-17(3)12-15(11-16)14-7-5-4-6-8-14/h4-8,13,15H,9-10,12H2,1-3H3. The van der Waals surface area contributed by atoms with Gasteiger partial charge in [-0.05, 0) is 31.5 Å². The van der Waals surface area contributed by atoms with Gasteiger partial charge in [0, 0.05) is 6.54 Å². The van der Waals surface area contributed by atoms with E-state index in [1.165, 1.54) is 6.42 Å². The average molecular weight is 230 g/mol. The monoisotopic (exact) mass is 230 g/mol. The van der Waals surface area contributed by atoms with Gasteiger partial charge in [-0.25, -0.2) is 0 Å². The molecule has 0 saturated carbocycles. The van der Waals surface area contributed by atoms with E-state index in [1.54, 1.807) is 0 Å². The molecule has 0 aliphatic heterocycles. The van der Waals surface area contributed by atoms with Gasteiger partial charge in [0.2, 0.25) is 0 Å². The van der Waals surface area contributed by atoms with Crippen LogP contribution in [-0.2, 0) is 0 Å². The molecule has 0 aliphatic rings. The lowest BCUT2D eigenvalue weighted by Crippen LogP contribution is -2.26. The number of likely N-dealkylation sites (N-methyl/N-ethyl adjacent to an activating group) is 1. The van der Waals surface area contributed by atoms with Crippen LogP contribution >= 0.6 is 0 Å². The van der Waals surface area contributed by atoms with Crippen LogP contribution in [0.3, 0.4) is 0 Å². The highest BCUT2D eigenvalue weighted by atomic mass is 15.1. The molecule has 1 aromatic carbocycles. The maximum atomic E-state index is 9.23. The fourth-order valence-corrected chi connectivity index (χ4v) is 1.79. The minimum atomic E-state index is -0.0200. The second-order valence-electron chi connectivity index (χ2n) is 5.04. The predicted octanol–water partition coefficient (Wildman–Crippen LogP) is 3.27. The Bertz CT molecular complexity index is 351. The van der Waals surface area contributed by atoms with Crippen molar-refractivity contribution >= 4 is 0 Å². The fourth-order valence-electron chi connectivity index (χ4n) is 1.79. The first-order chi connectivity index (χ1) is 8.13. The molecule has 0 saturated heterocycles. The summed E-state index contributed by atoms with van der Waals surface area (Å²) in [5, 5.41) is 9.23. The second kappa shape index (κ2) is 7.09. The highest BCUT2D eigenvalue weighted by Gasteiger charge is 2.12. The van der Waals surface area contributed by atoms with Gasteiger partial charge in [-0.3, -0.25) is 0 Å². The summed E-state index contributed by atoms with van der Waals surface area (Å²) in [5.74, 6) is 0.697. The van der Waals surface area contributed by atoms with Gasteiger partial charge in [0.05, 0.1) is 12.0 Å². The molecular formula is C15H22N2. The third-order valence-electron chi connectivity index (χ3n) is 2.94. The molecule has 2 nitrogen and oxygen atoms in total. The summed E-state index contributed by atoms with van der Waals surface area (Å²) in [7, 11) is 2.09. The molecule has 0 amide bonds. The van der Waals surface area contributed by atoms with E-state index in [0.29, 0.717) is 0 Å². The van der Waals surface area contributed by atoms with Crippen LogP contribution in [0.15, 0.2) is 30.3 Å². The Kier molecular flexibility index (Phi) is 5.72. The van der Waals surface area contributed by atoms with Gasteiger partial charge in [0.15, 0.2) is 0 Å². The number of hydrogen-bond donors (Lipinski definition) is 0. The molecular weight excluding hydrogens is 208 g/mol. The van der Waals surface area contributed by atoms with Crippen molar-refractivity contribution in [1.82, 2.24) is 4.90 Å². The molecule has 1 unspecified atom stereocenters. The van der Waals surface area contributed by atoms with Crippen molar-refractivity contribution < 1.29 is 0 Å². The predicted molar refractivity (Wildman–Crippen MR) is 71.7 cm³/mol. The van der Waals surface area contributed by atoms with Gasteiger partial charge in [0.25, 0.3) is 0 Å². The van der Waals surface area contributed by atoms with Crippen molar-refractivity contribution in [3.8, 4) is 6.07 Å². The first kappa shape index (κ1) is 13.7. The topological polar surface area (TPSA) is 27.0 Å². The summed E-state index contributed by atoms with van der Waals surface area (Å²) in [5.41, 5.74) is 1.12. The minimum absolute atomic E-state index is 0.0200. The zero-order valence-corrected chi connectivity index (χ0v) is 11.1. The van der Waals surface area contributed by atoms with E-state index in [1.807, 2.05) is 30.3 Å². The van der Waals surface area contributed by atoms with E-state index in [9.17, 15) is 5.26 Å². The normalized spacial score (nSPS) is 12.7. The van der Waals surface area contributed by atoms with Crippen molar-refractivity contribution in [2.24, 2.45) is 5.92 Å². The highest BCUT2D eigenvalue weighted by Crippen LogP contribution is 2.15. The zero-order valence-electron chi connectivity index (χ0n) is 11.1. The molecule has 0 N–H and O–H groups in total. The smallest absolute Gasteiger partial charge is 0.0839 e. The first-order valence-electron chi connectivity index (χ1n) is 6.26. The quantitative estimate of drug-likeness (QED) is 0.750. The van der Waals surface area contributed by atoms with Crippen LogP contribution in [0, 0.1) is 17.2 Å². The van der Waals surface area contributed by atoms with Gasteiger partial charge in [-0.15, -0.1) is 0 Å². The van der Waals surface area contributed by atoms with Crippen molar-refractivity contribution in [2.45, 2.75) is 26.2 Å². The number of nitriles is 1. The average Bonchev–Trinajstić information content (AvgIpc) is 2.34. The van der Waals surface area contributed by atoms with Crippen molar-refractivity contribution in [3.63, 3.8) is 0 Å². The van der Waals surface area contributed by atoms with Crippen LogP contribution in [0.5, 0.6) is 0 Å². The Hall–Kier alpha value is -1.33. The molecule has 0 heterocycles. The van der Waals surface area contributed by atoms with Gasteiger partial charge in [-0.2, -0.15) is 5.26 Å². The minimum Gasteiger partial charge on any atom is -0.305 e. The molecule has 0 fully saturated rings. The summed E-state index contributed by atoms with van der Waals surface area (Å²) in [6.07, 6.45) is 1.18. The maximum Gasteiger partial charge on any atom is 0.0839 e. The lowest BCUT2D eigenvalue weighted by Gasteiger charge is -2.20. The van der Waals surface area contributed by atoms with Crippen LogP contribution in [0.2, 0.25) is 0 Å². The summed E-state index contributed by atoms with van der Waals surface area (Å²) in [6.45, 7) is 6.33. The third kappa shape index (κ3) is 5.01. The number of benzene rings is 1. The Morgan fingerprint density at radius 2 is 1.88 bits per heavy atom. The molecule has 0 aromatic heterocycles. The van der Waals surface area contributed by atoms with Crippen LogP contribution in [-0.4, -0.2) is 25.0 Å². The Morgan fingerprint density at radius 3 is 2.41 bits per heavy atom. The molecule has 1 atom stereocenters. The van der Waals surface area contributed by atoms with Crippen LogP contribution in [0.4, 0.5) is 0 Å². The molecule has 0 radical (unpaired) electrons. The highest BCUT2D eigenvalue weighted by molar-refractivity contribution is 5.25.